The molecule has 0 unspecified atom stereocenters. The number of carbonyl (C=O) groups excluding carboxylic acids is 2. The number of hydrogen-bond acceptors (Lipinski definition) is 4. The van der Waals surface area contributed by atoms with E-state index in [0.29, 0.717) is 33.8 Å². The van der Waals surface area contributed by atoms with Crippen molar-refractivity contribution in [2.75, 3.05) is 0 Å². The highest BCUT2D eigenvalue weighted by Crippen LogP contribution is 2.20. The van der Waals surface area contributed by atoms with Gasteiger partial charge in [0.1, 0.15) is 17.3 Å². The van der Waals surface area contributed by atoms with Crippen molar-refractivity contribution in [3.63, 3.8) is 0 Å². The van der Waals surface area contributed by atoms with E-state index in [-0.39, 0.29) is 5.82 Å². The van der Waals surface area contributed by atoms with E-state index < -0.39 is 11.9 Å². The van der Waals surface area contributed by atoms with E-state index in [9.17, 15) is 14.0 Å². The van der Waals surface area contributed by atoms with Gasteiger partial charge in [-0.15, -0.1) is 0 Å². The van der Waals surface area contributed by atoms with Crippen molar-refractivity contribution in [3.8, 4) is 11.5 Å². The first-order chi connectivity index (χ1) is 16.7. The Hall–Kier alpha value is -4.51. The van der Waals surface area contributed by atoms with Crippen LogP contribution in [0.3, 0.4) is 0 Å². The molecule has 3 aromatic carbocycles. The van der Waals surface area contributed by atoms with Gasteiger partial charge >= 0.3 is 11.9 Å². The smallest absolute Gasteiger partial charge is 0.338 e. The zero-order valence-electron chi connectivity index (χ0n) is 19.6. The topological polar surface area (TPSA) is 52.6 Å². The van der Waals surface area contributed by atoms with Crippen molar-refractivity contribution < 1.29 is 23.5 Å². The van der Waals surface area contributed by atoms with Crippen molar-refractivity contribution in [1.82, 2.24) is 0 Å². The molecule has 0 fully saturated rings. The van der Waals surface area contributed by atoms with Crippen LogP contribution in [-0.2, 0) is 9.59 Å². The minimum atomic E-state index is -0.500. The second-order valence-corrected chi connectivity index (χ2v) is 7.93. The highest BCUT2D eigenvalue weighted by Gasteiger charge is 2.06. The molecule has 0 heterocycles. The summed E-state index contributed by atoms with van der Waals surface area (Å²) in [6.07, 6.45) is 6.97. The molecule has 35 heavy (non-hydrogen) atoms. The van der Waals surface area contributed by atoms with Gasteiger partial charge in [0.05, 0.1) is 0 Å². The van der Waals surface area contributed by atoms with Gasteiger partial charge in [0.2, 0.25) is 0 Å². The molecule has 3 rings (SSSR count). The Labute approximate surface area is 204 Å². The molecule has 4 nitrogen and oxygen atoms in total. The summed E-state index contributed by atoms with van der Waals surface area (Å²) in [7, 11) is 0. The van der Waals surface area contributed by atoms with Crippen LogP contribution in [0, 0.1) is 5.82 Å². The molecule has 3 aromatic rings. The molecule has 0 aromatic heterocycles. The maximum atomic E-state index is 14.7. The van der Waals surface area contributed by atoms with Gasteiger partial charge in [0, 0.05) is 16.7 Å². The summed E-state index contributed by atoms with van der Waals surface area (Å²) in [5.41, 5.74) is 3.27. The van der Waals surface area contributed by atoms with E-state index >= 15 is 0 Å². The summed E-state index contributed by atoms with van der Waals surface area (Å²) in [5.74, 6) is -0.570. The summed E-state index contributed by atoms with van der Waals surface area (Å²) in [5, 5.41) is 0. The van der Waals surface area contributed by atoms with Crippen molar-refractivity contribution in [2.45, 2.75) is 13.8 Å². The van der Waals surface area contributed by atoms with Crippen LogP contribution in [0.1, 0.15) is 36.1 Å². The molecule has 0 aliphatic heterocycles. The third-order valence-electron chi connectivity index (χ3n) is 4.78. The van der Waals surface area contributed by atoms with Gasteiger partial charge in [-0.2, -0.15) is 0 Å². The van der Waals surface area contributed by atoms with Gasteiger partial charge in [-0.3, -0.25) is 0 Å². The van der Waals surface area contributed by atoms with Crippen LogP contribution in [-0.4, -0.2) is 11.9 Å². The Balaban J connectivity index is 1.69. The molecule has 5 heteroatoms. The number of hydrogen-bond donors (Lipinski definition) is 0. The Morgan fingerprint density at radius 1 is 0.686 bits per heavy atom. The SMILES string of the molecule is C=C(C)C(=O)Oc1cccc(/C=C/c2ccc(/C=C/c3cccc(OC(=O)C(=C)C)c3)c(F)c2)c1. The Kier molecular flexibility index (Phi) is 8.30. The van der Waals surface area contributed by atoms with E-state index in [1.54, 1.807) is 86.7 Å². The van der Waals surface area contributed by atoms with E-state index in [4.69, 9.17) is 9.47 Å². The number of ether oxygens (including phenoxy) is 2. The Bertz CT molecular complexity index is 1350. The highest BCUT2D eigenvalue weighted by atomic mass is 19.1. The molecule has 0 saturated heterocycles. The third-order valence-corrected chi connectivity index (χ3v) is 4.78. The molecule has 0 atom stereocenters. The molecule has 0 spiro atoms. The van der Waals surface area contributed by atoms with Crippen molar-refractivity contribution >= 4 is 36.2 Å². The fraction of sp³-hybridized carbons (Fsp3) is 0.0667. The van der Waals surface area contributed by atoms with Crippen molar-refractivity contribution in [3.05, 3.63) is 119 Å². The average molecular weight is 469 g/mol. The molecular formula is C30H25FO4. The van der Waals surface area contributed by atoms with E-state index in [1.807, 2.05) is 12.1 Å². The van der Waals surface area contributed by atoms with Gasteiger partial charge < -0.3 is 9.47 Å². The Morgan fingerprint density at radius 2 is 1.14 bits per heavy atom. The fourth-order valence-electron chi connectivity index (χ4n) is 2.91. The predicted molar refractivity (Wildman–Crippen MR) is 138 cm³/mol. The third kappa shape index (κ3) is 7.51. The van der Waals surface area contributed by atoms with Crippen LogP contribution in [0.15, 0.2) is 91.0 Å². The number of halogens is 1. The fourth-order valence-corrected chi connectivity index (χ4v) is 2.91. The van der Waals surface area contributed by atoms with Gasteiger partial charge in [-0.05, 0) is 60.9 Å². The summed E-state index contributed by atoms with van der Waals surface area (Å²) in [4.78, 5) is 23.4. The first-order valence-electron chi connectivity index (χ1n) is 10.8. The second-order valence-electron chi connectivity index (χ2n) is 7.93. The Morgan fingerprint density at radius 3 is 1.60 bits per heavy atom. The second kappa shape index (κ2) is 11.6. The van der Waals surface area contributed by atoms with Crippen LogP contribution >= 0.6 is 0 Å². The molecule has 0 aliphatic carbocycles. The minimum Gasteiger partial charge on any atom is -0.423 e. The van der Waals surface area contributed by atoms with Gasteiger partial charge in [0.25, 0.3) is 0 Å². The maximum Gasteiger partial charge on any atom is 0.338 e. The summed E-state index contributed by atoms with van der Waals surface area (Å²) in [6, 6.07) is 18.9. The lowest BCUT2D eigenvalue weighted by atomic mass is 10.1. The van der Waals surface area contributed by atoms with E-state index in [2.05, 4.69) is 13.2 Å². The van der Waals surface area contributed by atoms with E-state index in [1.165, 1.54) is 6.07 Å². The minimum absolute atomic E-state index is 0.307. The van der Waals surface area contributed by atoms with Gasteiger partial charge in [-0.1, -0.05) is 73.9 Å². The van der Waals surface area contributed by atoms with Crippen LogP contribution in [0.5, 0.6) is 11.5 Å². The molecule has 0 amide bonds. The lowest BCUT2D eigenvalue weighted by Crippen LogP contribution is -2.08. The number of esters is 2. The zero-order valence-corrected chi connectivity index (χ0v) is 19.6. The van der Waals surface area contributed by atoms with E-state index in [0.717, 1.165) is 11.1 Å². The quantitative estimate of drug-likeness (QED) is 0.153. The van der Waals surface area contributed by atoms with Crippen LogP contribution in [0.4, 0.5) is 4.39 Å². The molecule has 0 N–H and O–H groups in total. The van der Waals surface area contributed by atoms with Crippen molar-refractivity contribution in [1.29, 1.82) is 0 Å². The van der Waals surface area contributed by atoms with Gasteiger partial charge in [0.15, 0.2) is 0 Å². The number of carbonyl (C=O) groups is 2. The predicted octanol–water partition coefficient (Wildman–Crippen LogP) is 7.13. The monoisotopic (exact) mass is 468 g/mol. The number of benzene rings is 3. The van der Waals surface area contributed by atoms with Crippen molar-refractivity contribution in [2.24, 2.45) is 0 Å². The number of rotatable bonds is 8. The zero-order chi connectivity index (χ0) is 25.4. The van der Waals surface area contributed by atoms with Gasteiger partial charge in [-0.25, -0.2) is 14.0 Å². The summed E-state index contributed by atoms with van der Waals surface area (Å²) in [6.45, 7) is 10.3. The molecular weight excluding hydrogens is 443 g/mol. The summed E-state index contributed by atoms with van der Waals surface area (Å²) >= 11 is 0. The highest BCUT2D eigenvalue weighted by molar-refractivity contribution is 5.89. The maximum absolute atomic E-state index is 14.7. The lowest BCUT2D eigenvalue weighted by molar-refractivity contribution is -0.130. The van der Waals surface area contributed by atoms with Crippen LogP contribution in [0.25, 0.3) is 24.3 Å². The first-order valence-corrected chi connectivity index (χ1v) is 10.8. The molecule has 0 saturated carbocycles. The normalized spacial score (nSPS) is 10.9. The lowest BCUT2D eigenvalue weighted by Gasteiger charge is -2.05. The molecule has 0 aliphatic rings. The van der Waals surface area contributed by atoms with Crippen LogP contribution in [0.2, 0.25) is 0 Å². The van der Waals surface area contributed by atoms with Crippen LogP contribution < -0.4 is 9.47 Å². The largest absolute Gasteiger partial charge is 0.423 e. The first kappa shape index (κ1) is 25.1. The molecule has 0 bridgehead atoms. The summed E-state index contributed by atoms with van der Waals surface area (Å²) < 4.78 is 25.1. The average Bonchev–Trinajstić information content (AvgIpc) is 2.82. The molecule has 0 radical (unpaired) electrons. The standard InChI is InChI=1S/C30H25FO4/c1-20(2)29(32)34-26-9-5-7-22(17-26)11-12-24-14-16-25(28(31)19-24)15-13-23-8-6-10-27(18-23)35-30(33)21(3)4/h5-19H,1,3H2,2,4H3/b12-11+,15-13+. The molecule has 176 valence electrons.